The van der Waals surface area contributed by atoms with Crippen LogP contribution in [0.4, 0.5) is 0 Å². The predicted molar refractivity (Wildman–Crippen MR) is 151 cm³/mol. The Morgan fingerprint density at radius 3 is 2.39 bits per heavy atom. The average molecular weight is 527 g/mol. The van der Waals surface area contributed by atoms with Gasteiger partial charge in [-0.25, -0.2) is 0 Å². The molecule has 0 amide bonds. The maximum Gasteiger partial charge on any atom is 0.325 e. The standard InChI is InChI=1S/C30H36ClO4P/c1-23-12-13-26(20-24(23)2)21-27(28-9-6-11-29(31)22-28)10-7-18-35-30-16-14-25(15-17-30)8-4-3-5-19-36(32,33)34/h6,9,11-17,20-22H,3-5,7-8,10,18-19H2,1-2H3,(H2,32,33,34)/b27-21+. The molecule has 3 aromatic rings. The molecule has 0 bridgehead atoms. The lowest BCUT2D eigenvalue weighted by Crippen LogP contribution is -1.99. The summed E-state index contributed by atoms with van der Waals surface area (Å²) in [5.41, 5.74) is 7.33. The van der Waals surface area contributed by atoms with Crippen LogP contribution in [0.25, 0.3) is 11.6 Å². The van der Waals surface area contributed by atoms with Crippen LogP contribution in [0.2, 0.25) is 5.02 Å². The average Bonchev–Trinajstić information content (AvgIpc) is 2.83. The molecule has 0 saturated carbocycles. The first-order valence-electron chi connectivity index (χ1n) is 12.5. The summed E-state index contributed by atoms with van der Waals surface area (Å²) in [5, 5.41) is 0.733. The van der Waals surface area contributed by atoms with E-state index in [9.17, 15) is 4.57 Å². The van der Waals surface area contributed by atoms with Gasteiger partial charge in [-0.05, 0) is 104 Å². The van der Waals surface area contributed by atoms with Crippen molar-refractivity contribution in [3.8, 4) is 5.75 Å². The van der Waals surface area contributed by atoms with Crippen molar-refractivity contribution in [3.63, 3.8) is 0 Å². The molecule has 0 radical (unpaired) electrons. The third kappa shape index (κ3) is 9.95. The number of hydrogen-bond donors (Lipinski definition) is 2. The molecule has 0 atom stereocenters. The molecule has 0 aliphatic rings. The molecule has 36 heavy (non-hydrogen) atoms. The van der Waals surface area contributed by atoms with Gasteiger partial charge < -0.3 is 14.5 Å². The molecule has 4 nitrogen and oxygen atoms in total. The second-order valence-corrected chi connectivity index (χ2v) is 11.5. The van der Waals surface area contributed by atoms with Gasteiger partial charge in [0.1, 0.15) is 5.75 Å². The van der Waals surface area contributed by atoms with Crippen molar-refractivity contribution in [2.75, 3.05) is 12.8 Å². The number of rotatable bonds is 13. The summed E-state index contributed by atoms with van der Waals surface area (Å²) in [6, 6.07) is 22.6. The SMILES string of the molecule is Cc1ccc(/C=C(\CCCOc2ccc(CCCCCP(=O)(O)O)cc2)c2cccc(Cl)c2)cc1C. The van der Waals surface area contributed by atoms with E-state index >= 15 is 0 Å². The quantitative estimate of drug-likeness (QED) is 0.134. The number of hydrogen-bond acceptors (Lipinski definition) is 2. The highest BCUT2D eigenvalue weighted by Gasteiger charge is 2.11. The molecule has 0 heterocycles. The highest BCUT2D eigenvalue weighted by molar-refractivity contribution is 7.51. The summed E-state index contributed by atoms with van der Waals surface area (Å²) in [4.78, 5) is 17.9. The van der Waals surface area contributed by atoms with Crippen LogP contribution in [0.5, 0.6) is 5.75 Å². The third-order valence-corrected chi connectivity index (χ3v) is 7.40. The summed E-state index contributed by atoms with van der Waals surface area (Å²) >= 11 is 6.27. The minimum Gasteiger partial charge on any atom is -0.494 e. The first-order chi connectivity index (χ1) is 17.2. The summed E-state index contributed by atoms with van der Waals surface area (Å²) in [5.74, 6) is 0.850. The summed E-state index contributed by atoms with van der Waals surface area (Å²) in [6.07, 6.45) is 7.15. The minimum atomic E-state index is -3.87. The Bertz CT molecular complexity index is 1200. The lowest BCUT2D eigenvalue weighted by molar-refractivity contribution is 0.313. The summed E-state index contributed by atoms with van der Waals surface area (Å²) < 4.78 is 16.9. The lowest BCUT2D eigenvalue weighted by atomic mass is 9.97. The molecule has 0 saturated heterocycles. The number of allylic oxidation sites excluding steroid dienone is 1. The van der Waals surface area contributed by atoms with E-state index < -0.39 is 7.60 Å². The van der Waals surface area contributed by atoms with E-state index in [-0.39, 0.29) is 6.16 Å². The molecular weight excluding hydrogens is 491 g/mol. The number of aryl methyl sites for hydroxylation is 3. The van der Waals surface area contributed by atoms with E-state index in [0.29, 0.717) is 13.0 Å². The van der Waals surface area contributed by atoms with E-state index in [1.54, 1.807) is 0 Å². The van der Waals surface area contributed by atoms with Crippen LogP contribution in [0.3, 0.4) is 0 Å². The van der Waals surface area contributed by atoms with E-state index in [2.05, 4.69) is 56.3 Å². The number of halogens is 1. The molecule has 3 aromatic carbocycles. The van der Waals surface area contributed by atoms with Crippen LogP contribution < -0.4 is 4.74 Å². The zero-order valence-corrected chi connectivity index (χ0v) is 22.8. The van der Waals surface area contributed by atoms with Crippen LogP contribution in [0.1, 0.15) is 59.9 Å². The van der Waals surface area contributed by atoms with E-state index in [4.69, 9.17) is 26.1 Å². The Morgan fingerprint density at radius 2 is 1.69 bits per heavy atom. The van der Waals surface area contributed by atoms with Crippen molar-refractivity contribution in [1.29, 1.82) is 0 Å². The van der Waals surface area contributed by atoms with Gasteiger partial charge in [-0.3, -0.25) is 4.57 Å². The summed E-state index contributed by atoms with van der Waals surface area (Å²) in [7, 11) is -3.87. The van der Waals surface area contributed by atoms with Crippen LogP contribution in [0, 0.1) is 13.8 Å². The topological polar surface area (TPSA) is 66.8 Å². The molecule has 0 spiro atoms. The Labute approximate surface area is 220 Å². The van der Waals surface area contributed by atoms with Crippen molar-refractivity contribution in [2.24, 2.45) is 0 Å². The monoisotopic (exact) mass is 526 g/mol. The first-order valence-corrected chi connectivity index (χ1v) is 14.7. The first kappa shape index (κ1) is 28.2. The second kappa shape index (κ2) is 13.8. The number of ether oxygens (including phenoxy) is 1. The molecule has 0 aliphatic heterocycles. The lowest BCUT2D eigenvalue weighted by Gasteiger charge is -2.11. The largest absolute Gasteiger partial charge is 0.494 e. The molecule has 0 unspecified atom stereocenters. The Hall–Kier alpha value is -2.36. The van der Waals surface area contributed by atoms with E-state index in [1.165, 1.54) is 27.8 Å². The van der Waals surface area contributed by atoms with Crippen LogP contribution in [-0.2, 0) is 11.0 Å². The van der Waals surface area contributed by atoms with Gasteiger partial charge in [0.05, 0.1) is 6.61 Å². The van der Waals surface area contributed by atoms with Gasteiger partial charge in [-0.1, -0.05) is 66.6 Å². The molecule has 192 valence electrons. The fourth-order valence-corrected chi connectivity index (χ4v) is 4.90. The van der Waals surface area contributed by atoms with Gasteiger partial charge in [-0.15, -0.1) is 0 Å². The minimum absolute atomic E-state index is 0.0291. The molecule has 6 heteroatoms. The molecule has 0 aliphatic carbocycles. The van der Waals surface area contributed by atoms with Gasteiger partial charge in [0.2, 0.25) is 0 Å². The van der Waals surface area contributed by atoms with Crippen molar-refractivity contribution >= 4 is 30.8 Å². The van der Waals surface area contributed by atoms with Crippen molar-refractivity contribution in [2.45, 2.75) is 52.4 Å². The van der Waals surface area contributed by atoms with Crippen LogP contribution >= 0.6 is 19.2 Å². The van der Waals surface area contributed by atoms with E-state index in [0.717, 1.165) is 48.4 Å². The molecule has 0 aromatic heterocycles. The van der Waals surface area contributed by atoms with Crippen LogP contribution in [0.15, 0.2) is 66.7 Å². The van der Waals surface area contributed by atoms with Crippen molar-refractivity contribution < 1.29 is 19.1 Å². The summed E-state index contributed by atoms with van der Waals surface area (Å²) in [6.45, 7) is 4.88. The normalized spacial score (nSPS) is 12.1. The van der Waals surface area contributed by atoms with Gasteiger partial charge in [0.15, 0.2) is 0 Å². The second-order valence-electron chi connectivity index (χ2n) is 9.32. The predicted octanol–water partition coefficient (Wildman–Crippen LogP) is 8.25. The number of benzene rings is 3. The Kier molecular flexibility index (Phi) is 10.8. The van der Waals surface area contributed by atoms with Crippen LogP contribution in [-0.4, -0.2) is 22.6 Å². The Morgan fingerprint density at radius 1 is 0.917 bits per heavy atom. The van der Waals surface area contributed by atoms with Crippen molar-refractivity contribution in [3.05, 3.63) is 99.6 Å². The maximum absolute atomic E-state index is 10.9. The third-order valence-electron chi connectivity index (χ3n) is 6.26. The highest BCUT2D eigenvalue weighted by atomic mass is 35.5. The maximum atomic E-state index is 10.9. The molecule has 2 N–H and O–H groups in total. The fourth-order valence-electron chi connectivity index (χ4n) is 4.07. The van der Waals surface area contributed by atoms with Crippen molar-refractivity contribution in [1.82, 2.24) is 0 Å². The fraction of sp³-hybridized carbons (Fsp3) is 0.333. The highest BCUT2D eigenvalue weighted by Crippen LogP contribution is 2.35. The molecule has 3 rings (SSSR count). The zero-order valence-electron chi connectivity index (χ0n) is 21.1. The number of unbranched alkanes of at least 4 members (excludes halogenated alkanes) is 2. The zero-order chi connectivity index (χ0) is 26.0. The van der Waals surface area contributed by atoms with Gasteiger partial charge in [0.25, 0.3) is 0 Å². The Balaban J connectivity index is 1.51. The van der Waals surface area contributed by atoms with Gasteiger partial charge in [0, 0.05) is 11.2 Å². The van der Waals surface area contributed by atoms with Gasteiger partial charge in [-0.2, -0.15) is 0 Å². The molecular formula is C30H36ClO4P. The van der Waals surface area contributed by atoms with Gasteiger partial charge >= 0.3 is 7.60 Å². The van der Waals surface area contributed by atoms with E-state index in [1.807, 2.05) is 30.3 Å². The smallest absolute Gasteiger partial charge is 0.325 e. The molecule has 0 fully saturated rings.